The van der Waals surface area contributed by atoms with Crippen LogP contribution < -0.4 is 38.1 Å². The lowest BCUT2D eigenvalue weighted by Gasteiger charge is -2.29. The zero-order valence-corrected chi connectivity index (χ0v) is 29.0. The van der Waals surface area contributed by atoms with Gasteiger partial charge in [-0.3, -0.25) is 33.6 Å². The molecular weight excluding hydrogens is 672 g/mol. The Bertz CT molecular complexity index is 1590. The molecule has 2 saturated heterocycles. The van der Waals surface area contributed by atoms with Crippen LogP contribution in [0.2, 0.25) is 0 Å². The molecule has 0 radical (unpaired) electrons. The van der Waals surface area contributed by atoms with E-state index < -0.39 is 84.5 Å². The van der Waals surface area contributed by atoms with Gasteiger partial charge < -0.3 is 48.1 Å². The molecule has 10 N–H and O–H groups in total. The van der Waals surface area contributed by atoms with Crippen LogP contribution in [0, 0.1) is 0 Å². The van der Waals surface area contributed by atoms with Gasteiger partial charge in [-0.1, -0.05) is 42.5 Å². The fourth-order valence-electron chi connectivity index (χ4n) is 6.24. The fraction of sp³-hybridized carbons (Fsp3) is 0.472. The number of likely N-dealkylation sites (tertiary alicyclic amines) is 1. The molecule has 2 aliphatic heterocycles. The predicted octanol–water partition coefficient (Wildman–Crippen LogP) is -1.37. The number of hydrogen-bond acceptors (Lipinski definition) is 9. The van der Waals surface area contributed by atoms with E-state index in [1.807, 2.05) is 30.3 Å². The van der Waals surface area contributed by atoms with E-state index in [0.29, 0.717) is 37.7 Å². The van der Waals surface area contributed by atoms with E-state index >= 15 is 0 Å². The Morgan fingerprint density at radius 3 is 2.31 bits per heavy atom. The lowest BCUT2D eigenvalue weighted by atomic mass is 10.0. The number of aryl methyl sites for hydroxylation is 1. The van der Waals surface area contributed by atoms with Crippen molar-refractivity contribution in [2.45, 2.75) is 88.0 Å². The standard InChI is InChI=1S/C36H48N8O8/c37-25(19-23-11-14-24(45)15-12-23)33(49)42-26-9-4-5-17-39-30(46)20-28(36(52)44-18-6-10-29(44)32(38)48)43-35(51)27(41-31(47)21-40-34(26)50)16-13-22-7-2-1-3-8-22/h1-3,7-8,11-12,14-15,25-29,45H,4-6,9-10,13,16-21,37H2,(H2,38,48)(H,39,46)(H,40,50)(H,41,47)(H,42,49)(H,43,51)/t25-,26+,27-,28+,29-/m0/s1. The van der Waals surface area contributed by atoms with Crippen molar-refractivity contribution in [1.29, 1.82) is 0 Å². The zero-order chi connectivity index (χ0) is 37.6. The normalized spacial score (nSPS) is 22.9. The molecule has 2 aromatic carbocycles. The van der Waals surface area contributed by atoms with Crippen LogP contribution in [-0.2, 0) is 46.4 Å². The van der Waals surface area contributed by atoms with Crippen molar-refractivity contribution in [2.75, 3.05) is 19.6 Å². The number of hydrogen-bond donors (Lipinski definition) is 8. The monoisotopic (exact) mass is 720 g/mol. The summed E-state index contributed by atoms with van der Waals surface area (Å²) in [6.45, 7) is -0.117. The topological polar surface area (TPSA) is 255 Å². The van der Waals surface area contributed by atoms with Gasteiger partial charge in [0.1, 0.15) is 29.9 Å². The summed E-state index contributed by atoms with van der Waals surface area (Å²) in [5, 5.41) is 22.7. The van der Waals surface area contributed by atoms with Crippen molar-refractivity contribution in [3.63, 3.8) is 0 Å². The second-order valence-electron chi connectivity index (χ2n) is 13.1. The first-order valence-electron chi connectivity index (χ1n) is 17.5. The van der Waals surface area contributed by atoms with E-state index in [2.05, 4.69) is 26.6 Å². The summed E-state index contributed by atoms with van der Waals surface area (Å²) in [6, 6.07) is 9.98. The minimum absolute atomic E-state index is 0.0669. The Hall–Kier alpha value is -5.51. The van der Waals surface area contributed by atoms with Crippen LogP contribution in [0.4, 0.5) is 0 Å². The molecule has 2 aromatic rings. The Labute approximate surface area is 301 Å². The van der Waals surface area contributed by atoms with Crippen LogP contribution in [0.3, 0.4) is 0 Å². The van der Waals surface area contributed by atoms with Gasteiger partial charge in [0.2, 0.25) is 41.4 Å². The first kappa shape index (κ1) is 39.3. The number of carbonyl (C=O) groups excluding carboxylic acids is 7. The van der Waals surface area contributed by atoms with E-state index in [1.54, 1.807) is 12.1 Å². The van der Waals surface area contributed by atoms with E-state index in [-0.39, 0.29) is 38.1 Å². The molecule has 5 atom stereocenters. The number of nitrogens with one attached hydrogen (secondary N) is 5. The highest BCUT2D eigenvalue weighted by atomic mass is 16.3. The lowest BCUT2D eigenvalue weighted by Crippen LogP contribution is -2.58. The Kier molecular flexibility index (Phi) is 14.5. The number of phenolic OH excluding ortho intramolecular Hbond substituents is 1. The number of aromatic hydroxyl groups is 1. The van der Waals surface area contributed by atoms with Gasteiger partial charge in [-0.25, -0.2) is 0 Å². The van der Waals surface area contributed by atoms with Crippen molar-refractivity contribution in [3.05, 3.63) is 65.7 Å². The van der Waals surface area contributed by atoms with Crippen molar-refractivity contribution in [2.24, 2.45) is 11.5 Å². The first-order valence-corrected chi connectivity index (χ1v) is 17.5. The van der Waals surface area contributed by atoms with Crippen LogP contribution in [-0.4, -0.2) is 101 Å². The molecule has 2 heterocycles. The molecule has 2 aliphatic rings. The number of carbonyl (C=O) groups is 7. The summed E-state index contributed by atoms with van der Waals surface area (Å²) in [5.74, 6) is -4.45. The van der Waals surface area contributed by atoms with Gasteiger partial charge in [0.15, 0.2) is 0 Å². The maximum Gasteiger partial charge on any atom is 0.246 e. The highest BCUT2D eigenvalue weighted by Crippen LogP contribution is 2.19. The molecule has 0 aromatic heterocycles. The van der Waals surface area contributed by atoms with E-state index in [9.17, 15) is 38.7 Å². The van der Waals surface area contributed by atoms with Crippen molar-refractivity contribution in [1.82, 2.24) is 31.5 Å². The summed E-state index contributed by atoms with van der Waals surface area (Å²) in [6.07, 6.45) is 2.04. The molecular formula is C36H48N8O8. The van der Waals surface area contributed by atoms with Gasteiger partial charge in [0, 0.05) is 13.1 Å². The lowest BCUT2D eigenvalue weighted by molar-refractivity contribution is -0.142. The number of benzene rings is 2. The average molecular weight is 721 g/mol. The van der Waals surface area contributed by atoms with Gasteiger partial charge in [-0.15, -0.1) is 0 Å². The van der Waals surface area contributed by atoms with Crippen LogP contribution >= 0.6 is 0 Å². The van der Waals surface area contributed by atoms with Crippen molar-refractivity contribution >= 4 is 41.4 Å². The van der Waals surface area contributed by atoms with Crippen LogP contribution in [0.15, 0.2) is 54.6 Å². The molecule has 0 unspecified atom stereocenters. The number of nitrogens with two attached hydrogens (primary N) is 2. The number of nitrogens with zero attached hydrogens (tertiary/aromatic N) is 1. The quantitative estimate of drug-likeness (QED) is 0.152. The highest BCUT2D eigenvalue weighted by Gasteiger charge is 2.38. The molecule has 0 bridgehead atoms. The van der Waals surface area contributed by atoms with Gasteiger partial charge in [0.25, 0.3) is 0 Å². The van der Waals surface area contributed by atoms with Gasteiger partial charge >= 0.3 is 0 Å². The first-order chi connectivity index (χ1) is 24.9. The molecule has 280 valence electrons. The maximum atomic E-state index is 13.8. The predicted molar refractivity (Wildman–Crippen MR) is 189 cm³/mol. The second-order valence-corrected chi connectivity index (χ2v) is 13.1. The summed E-state index contributed by atoms with van der Waals surface area (Å²) >= 11 is 0. The van der Waals surface area contributed by atoms with Gasteiger partial charge in [-0.2, -0.15) is 0 Å². The van der Waals surface area contributed by atoms with Crippen LogP contribution in [0.1, 0.15) is 56.1 Å². The minimum Gasteiger partial charge on any atom is -0.508 e. The summed E-state index contributed by atoms with van der Waals surface area (Å²) in [7, 11) is 0. The molecule has 16 nitrogen and oxygen atoms in total. The molecule has 2 fully saturated rings. The number of phenols is 1. The van der Waals surface area contributed by atoms with Gasteiger partial charge in [0.05, 0.1) is 19.0 Å². The smallest absolute Gasteiger partial charge is 0.246 e. The van der Waals surface area contributed by atoms with E-state index in [1.165, 1.54) is 17.0 Å². The molecule has 16 heteroatoms. The Morgan fingerprint density at radius 1 is 0.865 bits per heavy atom. The number of rotatable bonds is 9. The molecule has 52 heavy (non-hydrogen) atoms. The third kappa shape index (κ3) is 11.8. The maximum absolute atomic E-state index is 13.8. The summed E-state index contributed by atoms with van der Waals surface area (Å²) < 4.78 is 0. The zero-order valence-electron chi connectivity index (χ0n) is 29.0. The SMILES string of the molecule is NC(=O)[C@@H]1CCCN1C(=O)[C@H]1CC(=O)NCCCC[C@@H](NC(=O)[C@@H](N)Cc2ccc(O)cc2)C(=O)NCC(=O)N[C@@H](CCc2ccccc2)C(=O)N1. The summed E-state index contributed by atoms with van der Waals surface area (Å²) in [5.41, 5.74) is 13.3. The van der Waals surface area contributed by atoms with Gasteiger partial charge in [-0.05, 0) is 74.6 Å². The average Bonchev–Trinajstić information content (AvgIpc) is 3.63. The third-order valence-corrected chi connectivity index (χ3v) is 9.11. The molecule has 0 aliphatic carbocycles. The third-order valence-electron chi connectivity index (χ3n) is 9.11. The molecule has 0 spiro atoms. The van der Waals surface area contributed by atoms with Crippen molar-refractivity contribution in [3.8, 4) is 5.75 Å². The highest BCUT2D eigenvalue weighted by molar-refractivity contribution is 5.97. The number of amides is 7. The fourth-order valence-corrected chi connectivity index (χ4v) is 6.24. The van der Waals surface area contributed by atoms with Crippen LogP contribution in [0.25, 0.3) is 0 Å². The molecule has 0 saturated carbocycles. The number of primary amides is 1. The molecule has 7 amide bonds. The molecule has 4 rings (SSSR count). The summed E-state index contributed by atoms with van der Waals surface area (Å²) in [4.78, 5) is 93.4. The largest absolute Gasteiger partial charge is 0.508 e. The van der Waals surface area contributed by atoms with E-state index in [0.717, 1.165) is 5.56 Å². The second kappa shape index (κ2) is 19.2. The van der Waals surface area contributed by atoms with E-state index in [4.69, 9.17) is 11.5 Å². The minimum atomic E-state index is -1.34. The Morgan fingerprint density at radius 2 is 1.60 bits per heavy atom. The van der Waals surface area contributed by atoms with Crippen molar-refractivity contribution < 1.29 is 38.7 Å². The van der Waals surface area contributed by atoms with Crippen LogP contribution in [0.5, 0.6) is 5.75 Å². The Balaban J connectivity index is 1.51.